The van der Waals surface area contributed by atoms with Crippen molar-refractivity contribution in [2.24, 2.45) is 4.99 Å². The van der Waals surface area contributed by atoms with Crippen molar-refractivity contribution in [3.8, 4) is 0 Å². The van der Waals surface area contributed by atoms with Crippen molar-refractivity contribution in [2.45, 2.75) is 38.5 Å². The normalized spacial score (nSPS) is 26.4. The average molecular weight is 323 g/mol. The Bertz CT molecular complexity index is 472. The van der Waals surface area contributed by atoms with Crippen LogP contribution in [0.5, 0.6) is 0 Å². The van der Waals surface area contributed by atoms with Gasteiger partial charge in [-0.25, -0.2) is 4.99 Å². The standard InChI is InChI=1S/C16H25N3O2S/c1-2-17-16(18-10-13-5-9-22-12-13)19-6-8-21-15(11-19)14-4-3-7-20-14/h5,9,12,14-15H,2-4,6-8,10-11H2,1H3,(H,17,18). The Hall–Kier alpha value is -1.11. The first-order valence-electron chi connectivity index (χ1n) is 8.14. The Morgan fingerprint density at radius 2 is 2.32 bits per heavy atom. The maximum Gasteiger partial charge on any atom is 0.194 e. The summed E-state index contributed by atoms with van der Waals surface area (Å²) in [6, 6.07) is 2.13. The molecule has 2 unspecified atom stereocenters. The van der Waals surface area contributed by atoms with Gasteiger partial charge in [0.15, 0.2) is 5.96 Å². The van der Waals surface area contributed by atoms with E-state index in [9.17, 15) is 0 Å². The van der Waals surface area contributed by atoms with Crippen molar-refractivity contribution in [1.29, 1.82) is 0 Å². The van der Waals surface area contributed by atoms with Crippen LogP contribution in [-0.2, 0) is 16.0 Å². The lowest BCUT2D eigenvalue weighted by Crippen LogP contribution is -2.53. The van der Waals surface area contributed by atoms with Crippen molar-refractivity contribution in [2.75, 3.05) is 32.8 Å². The largest absolute Gasteiger partial charge is 0.375 e. The number of nitrogens with zero attached hydrogens (tertiary/aromatic N) is 2. The van der Waals surface area contributed by atoms with Gasteiger partial charge in [-0.2, -0.15) is 11.3 Å². The minimum atomic E-state index is 0.168. The summed E-state index contributed by atoms with van der Waals surface area (Å²) in [4.78, 5) is 7.09. The summed E-state index contributed by atoms with van der Waals surface area (Å²) in [6.45, 7) is 7.08. The van der Waals surface area contributed by atoms with Gasteiger partial charge in [0, 0.05) is 26.2 Å². The number of hydrogen-bond donors (Lipinski definition) is 1. The quantitative estimate of drug-likeness (QED) is 0.681. The van der Waals surface area contributed by atoms with E-state index >= 15 is 0 Å². The monoisotopic (exact) mass is 323 g/mol. The van der Waals surface area contributed by atoms with Crippen LogP contribution in [0.1, 0.15) is 25.3 Å². The Morgan fingerprint density at radius 3 is 3.05 bits per heavy atom. The summed E-state index contributed by atoms with van der Waals surface area (Å²) in [7, 11) is 0. The molecule has 0 saturated carbocycles. The second-order valence-electron chi connectivity index (χ2n) is 5.71. The topological polar surface area (TPSA) is 46.1 Å². The smallest absolute Gasteiger partial charge is 0.194 e. The van der Waals surface area contributed by atoms with Crippen molar-refractivity contribution in [3.05, 3.63) is 22.4 Å². The molecule has 2 atom stereocenters. The molecule has 0 aliphatic carbocycles. The lowest BCUT2D eigenvalue weighted by atomic mass is 10.1. The van der Waals surface area contributed by atoms with Gasteiger partial charge in [-0.15, -0.1) is 0 Å². The zero-order chi connectivity index (χ0) is 15.2. The highest BCUT2D eigenvalue weighted by Crippen LogP contribution is 2.21. The van der Waals surface area contributed by atoms with Gasteiger partial charge >= 0.3 is 0 Å². The third-order valence-electron chi connectivity index (χ3n) is 4.10. The maximum atomic E-state index is 5.92. The lowest BCUT2D eigenvalue weighted by Gasteiger charge is -2.37. The van der Waals surface area contributed by atoms with Crippen LogP contribution in [0.2, 0.25) is 0 Å². The third-order valence-corrected chi connectivity index (χ3v) is 4.83. The molecule has 3 heterocycles. The molecule has 22 heavy (non-hydrogen) atoms. The van der Waals surface area contributed by atoms with Crippen LogP contribution in [0.15, 0.2) is 21.8 Å². The van der Waals surface area contributed by atoms with E-state index in [4.69, 9.17) is 14.5 Å². The molecule has 2 saturated heterocycles. The molecule has 0 amide bonds. The van der Waals surface area contributed by atoms with E-state index in [-0.39, 0.29) is 12.2 Å². The third kappa shape index (κ3) is 4.00. The van der Waals surface area contributed by atoms with Crippen molar-refractivity contribution < 1.29 is 9.47 Å². The first-order valence-corrected chi connectivity index (χ1v) is 9.08. The molecular formula is C16H25N3O2S. The molecule has 3 rings (SSSR count). The average Bonchev–Trinajstić information content (AvgIpc) is 3.24. The molecule has 5 nitrogen and oxygen atoms in total. The number of aliphatic imine (C=N–C) groups is 1. The number of thiophene rings is 1. The van der Waals surface area contributed by atoms with E-state index in [1.165, 1.54) is 5.56 Å². The number of nitrogens with one attached hydrogen (secondary N) is 1. The predicted molar refractivity (Wildman–Crippen MR) is 89.4 cm³/mol. The summed E-state index contributed by atoms with van der Waals surface area (Å²) < 4.78 is 11.7. The molecule has 0 aromatic carbocycles. The molecule has 2 fully saturated rings. The lowest BCUT2D eigenvalue weighted by molar-refractivity contribution is -0.0817. The fourth-order valence-electron chi connectivity index (χ4n) is 2.96. The Kier molecular flexibility index (Phi) is 5.70. The minimum absolute atomic E-state index is 0.168. The Morgan fingerprint density at radius 1 is 1.41 bits per heavy atom. The van der Waals surface area contributed by atoms with Crippen molar-refractivity contribution >= 4 is 17.3 Å². The number of morpholine rings is 1. The second-order valence-corrected chi connectivity index (χ2v) is 6.49. The van der Waals surface area contributed by atoms with Gasteiger partial charge in [0.05, 0.1) is 19.3 Å². The first kappa shape index (κ1) is 15.8. The van der Waals surface area contributed by atoms with E-state index in [1.54, 1.807) is 11.3 Å². The highest BCUT2D eigenvalue weighted by atomic mass is 32.1. The van der Waals surface area contributed by atoms with Crippen LogP contribution in [0.25, 0.3) is 0 Å². The fourth-order valence-corrected chi connectivity index (χ4v) is 3.62. The zero-order valence-corrected chi connectivity index (χ0v) is 14.0. The molecule has 1 aromatic heterocycles. The molecule has 0 bridgehead atoms. The molecular weight excluding hydrogens is 298 g/mol. The molecule has 2 aliphatic heterocycles. The fraction of sp³-hybridized carbons (Fsp3) is 0.688. The van der Waals surface area contributed by atoms with Crippen LogP contribution < -0.4 is 5.32 Å². The van der Waals surface area contributed by atoms with Gasteiger partial charge in [-0.3, -0.25) is 0 Å². The molecule has 1 aromatic rings. The van der Waals surface area contributed by atoms with Gasteiger partial charge < -0.3 is 19.7 Å². The number of guanidine groups is 1. The van der Waals surface area contributed by atoms with Crippen molar-refractivity contribution in [1.82, 2.24) is 10.2 Å². The molecule has 6 heteroatoms. The highest BCUT2D eigenvalue weighted by Gasteiger charge is 2.32. The number of hydrogen-bond acceptors (Lipinski definition) is 4. The van der Waals surface area contributed by atoms with Gasteiger partial charge in [0.2, 0.25) is 0 Å². The number of ether oxygens (including phenoxy) is 2. The molecule has 0 spiro atoms. The summed E-state index contributed by atoms with van der Waals surface area (Å²) >= 11 is 1.72. The van der Waals surface area contributed by atoms with Crippen LogP contribution in [0.4, 0.5) is 0 Å². The SMILES string of the molecule is CCNC(=NCc1ccsc1)N1CCOC(C2CCCO2)C1. The van der Waals surface area contributed by atoms with Crippen LogP contribution in [-0.4, -0.2) is 55.9 Å². The Balaban J connectivity index is 1.63. The van der Waals surface area contributed by atoms with Gasteiger partial charge in [0.1, 0.15) is 6.10 Å². The van der Waals surface area contributed by atoms with Crippen LogP contribution in [0.3, 0.4) is 0 Å². The summed E-state index contributed by atoms with van der Waals surface area (Å²) in [5.74, 6) is 0.986. The van der Waals surface area contributed by atoms with Gasteiger partial charge in [-0.1, -0.05) is 0 Å². The second kappa shape index (κ2) is 7.94. The van der Waals surface area contributed by atoms with Crippen molar-refractivity contribution in [3.63, 3.8) is 0 Å². The van der Waals surface area contributed by atoms with Gasteiger partial charge in [-0.05, 0) is 42.2 Å². The predicted octanol–water partition coefficient (Wildman–Crippen LogP) is 2.09. The molecule has 0 radical (unpaired) electrons. The summed E-state index contributed by atoms with van der Waals surface area (Å²) in [5, 5.41) is 7.66. The van der Waals surface area contributed by atoms with E-state index in [2.05, 4.69) is 34.0 Å². The highest BCUT2D eigenvalue weighted by molar-refractivity contribution is 7.07. The van der Waals surface area contributed by atoms with Gasteiger partial charge in [0.25, 0.3) is 0 Å². The zero-order valence-electron chi connectivity index (χ0n) is 13.2. The van der Waals surface area contributed by atoms with E-state index in [1.807, 2.05) is 0 Å². The first-order chi connectivity index (χ1) is 10.9. The Labute approximate surface area is 136 Å². The molecule has 122 valence electrons. The van der Waals surface area contributed by atoms with E-state index in [0.717, 1.165) is 58.2 Å². The molecule has 1 N–H and O–H groups in total. The maximum absolute atomic E-state index is 5.92. The number of rotatable bonds is 4. The minimum Gasteiger partial charge on any atom is -0.375 e. The van der Waals surface area contributed by atoms with Crippen LogP contribution in [0, 0.1) is 0 Å². The summed E-state index contributed by atoms with van der Waals surface area (Å²) in [6.07, 6.45) is 2.68. The van der Waals surface area contributed by atoms with E-state index in [0.29, 0.717) is 0 Å². The summed E-state index contributed by atoms with van der Waals surface area (Å²) in [5.41, 5.74) is 1.27. The molecule has 2 aliphatic rings. The van der Waals surface area contributed by atoms with Crippen LogP contribution >= 0.6 is 11.3 Å². The van der Waals surface area contributed by atoms with E-state index < -0.39 is 0 Å².